The second-order valence-electron chi connectivity index (χ2n) is 6.70. The van der Waals surface area contributed by atoms with Gasteiger partial charge in [-0.3, -0.25) is 4.79 Å². The number of rotatable bonds is 6. The molecule has 9 heteroatoms. The molecule has 3 aromatic carbocycles. The Morgan fingerprint density at radius 2 is 1.50 bits per heavy atom. The number of methoxy groups -OCH3 is 2. The Labute approximate surface area is 182 Å². The molecule has 1 amide bonds. The van der Waals surface area contributed by atoms with E-state index in [-0.39, 0.29) is 0 Å². The third-order valence-electron chi connectivity index (χ3n) is 4.74. The predicted octanol–water partition coefficient (Wildman–Crippen LogP) is 4.92. The zero-order valence-corrected chi connectivity index (χ0v) is 17.1. The fourth-order valence-corrected chi connectivity index (χ4v) is 3.16. The van der Waals surface area contributed by atoms with Crippen LogP contribution < -0.4 is 20.1 Å². The molecule has 0 saturated heterocycles. The predicted molar refractivity (Wildman–Crippen MR) is 117 cm³/mol. The summed E-state index contributed by atoms with van der Waals surface area (Å²) in [5.41, 5.74) is 1.08. The Bertz CT molecular complexity index is 1280. The molecule has 1 aromatic heterocycles. The molecule has 0 unspecified atom stereocenters. The summed E-state index contributed by atoms with van der Waals surface area (Å²) in [5.74, 6) is -1.09. The molecule has 2 N–H and O–H groups in total. The van der Waals surface area contributed by atoms with Crippen molar-refractivity contribution in [3.63, 3.8) is 0 Å². The third-order valence-corrected chi connectivity index (χ3v) is 4.74. The highest BCUT2D eigenvalue weighted by Gasteiger charge is 2.17. The monoisotopic (exact) mass is 436 g/mol. The summed E-state index contributed by atoms with van der Waals surface area (Å²) >= 11 is 0. The molecule has 7 nitrogen and oxygen atoms in total. The van der Waals surface area contributed by atoms with Crippen molar-refractivity contribution in [3.8, 4) is 11.5 Å². The summed E-state index contributed by atoms with van der Waals surface area (Å²) in [6.07, 6.45) is 1.42. The van der Waals surface area contributed by atoms with Crippen molar-refractivity contribution in [1.29, 1.82) is 0 Å². The highest BCUT2D eigenvalue weighted by molar-refractivity contribution is 6.04. The lowest BCUT2D eigenvalue weighted by Crippen LogP contribution is -2.15. The van der Waals surface area contributed by atoms with Crippen molar-refractivity contribution < 1.29 is 23.0 Å². The fourth-order valence-electron chi connectivity index (χ4n) is 3.16. The molecule has 1 heterocycles. The van der Waals surface area contributed by atoms with Crippen molar-refractivity contribution in [3.05, 3.63) is 78.1 Å². The molecule has 0 spiro atoms. The van der Waals surface area contributed by atoms with E-state index in [1.807, 2.05) is 0 Å². The van der Waals surface area contributed by atoms with Gasteiger partial charge >= 0.3 is 0 Å². The highest BCUT2D eigenvalue weighted by Crippen LogP contribution is 2.34. The van der Waals surface area contributed by atoms with Crippen molar-refractivity contribution in [2.24, 2.45) is 0 Å². The number of halogens is 2. The van der Waals surface area contributed by atoms with E-state index in [1.54, 1.807) is 50.6 Å². The zero-order valence-electron chi connectivity index (χ0n) is 17.1. The number of nitrogens with one attached hydrogen (secondary N) is 2. The molecule has 162 valence electrons. The van der Waals surface area contributed by atoms with Gasteiger partial charge in [0.25, 0.3) is 5.91 Å². The van der Waals surface area contributed by atoms with Crippen molar-refractivity contribution in [2.75, 3.05) is 24.9 Å². The average molecular weight is 436 g/mol. The van der Waals surface area contributed by atoms with Crippen molar-refractivity contribution >= 4 is 34.0 Å². The number of hydrogen-bond acceptors (Lipinski definition) is 6. The maximum Gasteiger partial charge on any atom is 0.261 e. The number of amides is 1. The maximum absolute atomic E-state index is 13.8. The molecule has 0 atom stereocenters. The number of aromatic nitrogens is 2. The van der Waals surface area contributed by atoms with Crippen molar-refractivity contribution in [2.45, 2.75) is 0 Å². The standard InChI is InChI=1S/C23H18F2N4O3/c1-31-19-10-15-18(11-20(19)32-2)26-12-27-22(15)28-13-6-8-14(9-7-13)29-23(30)21-16(24)4-3-5-17(21)25/h3-12H,1-2H3,(H,29,30)(H,26,27,28). The molecular weight excluding hydrogens is 418 g/mol. The molecule has 4 aromatic rings. The lowest BCUT2D eigenvalue weighted by Gasteiger charge is -2.12. The van der Waals surface area contributed by atoms with Gasteiger partial charge in [-0.1, -0.05) is 6.07 Å². The van der Waals surface area contributed by atoms with Crippen LogP contribution in [0.5, 0.6) is 11.5 Å². The molecule has 0 aliphatic carbocycles. The van der Waals surface area contributed by atoms with E-state index in [1.165, 1.54) is 12.4 Å². The molecule has 0 aliphatic heterocycles. The minimum absolute atomic E-state index is 0.377. The first-order valence-corrected chi connectivity index (χ1v) is 9.49. The van der Waals surface area contributed by atoms with Crippen LogP contribution in [0.4, 0.5) is 26.0 Å². The molecular formula is C23H18F2N4O3. The van der Waals surface area contributed by atoms with Crippen LogP contribution in [0.1, 0.15) is 10.4 Å². The van der Waals surface area contributed by atoms with Gasteiger partial charge in [0.2, 0.25) is 0 Å². The van der Waals surface area contributed by atoms with E-state index in [2.05, 4.69) is 20.6 Å². The van der Waals surface area contributed by atoms with Gasteiger partial charge < -0.3 is 20.1 Å². The Morgan fingerprint density at radius 1 is 0.875 bits per heavy atom. The number of carbonyl (C=O) groups excluding carboxylic acids is 1. The number of ether oxygens (including phenoxy) is 2. The quantitative estimate of drug-likeness (QED) is 0.446. The lowest BCUT2D eigenvalue weighted by molar-refractivity contribution is 0.101. The molecule has 32 heavy (non-hydrogen) atoms. The van der Waals surface area contributed by atoms with Crippen LogP contribution >= 0.6 is 0 Å². The maximum atomic E-state index is 13.8. The SMILES string of the molecule is COc1cc2ncnc(Nc3ccc(NC(=O)c4c(F)cccc4F)cc3)c2cc1OC. The Kier molecular flexibility index (Phi) is 5.80. The Hall–Kier alpha value is -4.27. The normalized spacial score (nSPS) is 10.6. The summed E-state index contributed by atoms with van der Waals surface area (Å²) in [7, 11) is 3.09. The van der Waals surface area contributed by atoms with Crippen LogP contribution in [0, 0.1) is 11.6 Å². The van der Waals surface area contributed by atoms with Gasteiger partial charge in [0.05, 0.1) is 19.7 Å². The summed E-state index contributed by atoms with van der Waals surface area (Å²) in [6, 6.07) is 13.4. The van der Waals surface area contributed by atoms with E-state index in [4.69, 9.17) is 9.47 Å². The van der Waals surface area contributed by atoms with Gasteiger partial charge in [0.1, 0.15) is 29.3 Å². The Balaban J connectivity index is 1.55. The summed E-state index contributed by atoms with van der Waals surface area (Å²) < 4.78 is 38.3. The van der Waals surface area contributed by atoms with Gasteiger partial charge in [-0.2, -0.15) is 0 Å². The smallest absolute Gasteiger partial charge is 0.261 e. The van der Waals surface area contributed by atoms with Crippen LogP contribution in [0.2, 0.25) is 0 Å². The largest absolute Gasteiger partial charge is 0.493 e. The van der Waals surface area contributed by atoms with E-state index >= 15 is 0 Å². The van der Waals surface area contributed by atoms with Crippen LogP contribution in [0.15, 0.2) is 60.9 Å². The minimum atomic E-state index is -0.927. The number of anilines is 3. The lowest BCUT2D eigenvalue weighted by atomic mass is 10.1. The second-order valence-corrected chi connectivity index (χ2v) is 6.70. The topological polar surface area (TPSA) is 85.4 Å². The van der Waals surface area contributed by atoms with Crippen LogP contribution in [-0.4, -0.2) is 30.1 Å². The molecule has 0 radical (unpaired) electrons. The number of benzene rings is 3. The van der Waals surface area contributed by atoms with E-state index < -0.39 is 23.1 Å². The number of carbonyl (C=O) groups is 1. The number of fused-ring (bicyclic) bond motifs is 1. The van der Waals surface area contributed by atoms with Crippen LogP contribution in [-0.2, 0) is 0 Å². The van der Waals surface area contributed by atoms with Gasteiger partial charge in [0, 0.05) is 22.8 Å². The molecule has 0 aliphatic rings. The van der Waals surface area contributed by atoms with Crippen LogP contribution in [0.3, 0.4) is 0 Å². The molecule has 0 saturated carbocycles. The summed E-state index contributed by atoms with van der Waals surface area (Å²) in [6.45, 7) is 0. The molecule has 4 rings (SSSR count). The first-order chi connectivity index (χ1) is 15.5. The van der Waals surface area contributed by atoms with Gasteiger partial charge in [-0.15, -0.1) is 0 Å². The van der Waals surface area contributed by atoms with E-state index in [9.17, 15) is 13.6 Å². The third kappa shape index (κ3) is 4.13. The first-order valence-electron chi connectivity index (χ1n) is 9.49. The molecule has 0 bridgehead atoms. The molecule has 0 fully saturated rings. The van der Waals surface area contributed by atoms with Crippen LogP contribution in [0.25, 0.3) is 10.9 Å². The van der Waals surface area contributed by atoms with E-state index in [0.717, 1.165) is 17.5 Å². The number of hydrogen-bond donors (Lipinski definition) is 2. The zero-order chi connectivity index (χ0) is 22.7. The summed E-state index contributed by atoms with van der Waals surface area (Å²) in [4.78, 5) is 20.8. The second kappa shape index (κ2) is 8.84. The van der Waals surface area contributed by atoms with Crippen molar-refractivity contribution in [1.82, 2.24) is 9.97 Å². The van der Waals surface area contributed by atoms with E-state index in [0.29, 0.717) is 34.2 Å². The summed E-state index contributed by atoms with van der Waals surface area (Å²) in [5, 5.41) is 6.39. The fraction of sp³-hybridized carbons (Fsp3) is 0.0870. The Morgan fingerprint density at radius 3 is 2.16 bits per heavy atom. The number of nitrogens with zero attached hydrogens (tertiary/aromatic N) is 2. The van der Waals surface area contributed by atoms with Gasteiger partial charge in [0.15, 0.2) is 11.5 Å². The average Bonchev–Trinajstić information content (AvgIpc) is 2.79. The van der Waals surface area contributed by atoms with Gasteiger partial charge in [-0.25, -0.2) is 18.7 Å². The highest BCUT2D eigenvalue weighted by atomic mass is 19.1. The first kappa shape index (κ1) is 21.0. The van der Waals surface area contributed by atoms with Gasteiger partial charge in [-0.05, 0) is 42.5 Å². The minimum Gasteiger partial charge on any atom is -0.493 e.